The second kappa shape index (κ2) is 16.7. The number of hydrogen-bond donors (Lipinski definition) is 0. The molecule has 0 unspecified atom stereocenters. The van der Waals surface area contributed by atoms with E-state index < -0.39 is 0 Å². The summed E-state index contributed by atoms with van der Waals surface area (Å²) in [5.74, 6) is 0. The van der Waals surface area contributed by atoms with Crippen molar-refractivity contribution < 1.29 is 0 Å². The van der Waals surface area contributed by atoms with Crippen molar-refractivity contribution in [2.24, 2.45) is 0 Å². The van der Waals surface area contributed by atoms with Gasteiger partial charge in [-0.05, 0) is 0 Å². The molecule has 4 heteroatoms. The zero-order valence-corrected chi connectivity index (χ0v) is 9.10. The van der Waals surface area contributed by atoms with Crippen LogP contribution >= 0.6 is 0 Å². The second-order valence-electron chi connectivity index (χ2n) is 0. The van der Waals surface area contributed by atoms with Crippen molar-refractivity contribution in [1.29, 1.82) is 0 Å². The van der Waals surface area contributed by atoms with Crippen LogP contribution in [0.25, 0.3) is 0 Å². The zero-order valence-electron chi connectivity index (χ0n) is 2.23. The van der Waals surface area contributed by atoms with Gasteiger partial charge in [-0.2, -0.15) is 0 Å². The Kier molecular flexibility index (Phi) is 116. The molecule has 0 spiro atoms. The van der Waals surface area contributed by atoms with Gasteiger partial charge in [0.05, 0.1) is 0 Å². The Balaban J connectivity index is 0. The van der Waals surface area contributed by atoms with Gasteiger partial charge in [0.15, 0.2) is 0 Å². The van der Waals surface area contributed by atoms with Gasteiger partial charge >= 0.3 is 47.9 Å². The summed E-state index contributed by atoms with van der Waals surface area (Å²) in [7, 11) is 0. The first kappa shape index (κ1) is 28.0. The van der Waals surface area contributed by atoms with E-state index in [-0.39, 0.29) is 95.2 Å². The van der Waals surface area contributed by atoms with Gasteiger partial charge in [0.2, 0.25) is 0 Å². The molecular formula is BeCaTe2. The van der Waals surface area contributed by atoms with Crippen LogP contribution in [0.5, 0.6) is 0 Å². The van der Waals surface area contributed by atoms with Crippen LogP contribution in [0.2, 0.25) is 0 Å². The largest absolute Gasteiger partial charge is 2.00 e. The normalized spacial score (nSPS) is 0. The van der Waals surface area contributed by atoms with Crippen molar-refractivity contribution in [1.82, 2.24) is 0 Å². The third-order valence-electron chi connectivity index (χ3n) is 0. The monoisotopic (exact) mass is 309 g/mol. The summed E-state index contributed by atoms with van der Waals surface area (Å²) in [5.41, 5.74) is 0. The topological polar surface area (TPSA) is 0 Å². The maximum Gasteiger partial charge on any atom is 2.00 e. The summed E-state index contributed by atoms with van der Waals surface area (Å²) in [5, 5.41) is 0. The summed E-state index contributed by atoms with van der Waals surface area (Å²) in [6.45, 7) is 0. The van der Waals surface area contributed by atoms with Crippen molar-refractivity contribution in [3.05, 3.63) is 0 Å². The Morgan fingerprint density at radius 1 is 0.750 bits per heavy atom. The Morgan fingerprint density at radius 2 is 0.750 bits per heavy atom. The Hall–Kier alpha value is 3.01. The van der Waals surface area contributed by atoms with Crippen LogP contribution in [0, 0.1) is 0 Å². The molecule has 0 amide bonds. The molecule has 0 N–H and O–H groups in total. The third kappa shape index (κ3) is 8.89. The predicted molar refractivity (Wildman–Crippen MR) is 23.0 cm³/mol. The minimum atomic E-state index is 0. The van der Waals surface area contributed by atoms with Crippen molar-refractivity contribution in [3.63, 3.8) is 0 Å². The molecule has 0 fully saturated rings. The first-order valence-electron chi connectivity index (χ1n) is 0. The van der Waals surface area contributed by atoms with Crippen molar-refractivity contribution in [3.8, 4) is 0 Å². The van der Waals surface area contributed by atoms with E-state index in [1.54, 1.807) is 0 Å². The molecule has 0 aliphatic carbocycles. The van der Waals surface area contributed by atoms with Crippen LogP contribution in [0.3, 0.4) is 0 Å². The molecular weight excluding hydrogens is 304 g/mol. The van der Waals surface area contributed by atoms with Crippen LogP contribution in [0.1, 0.15) is 0 Å². The molecule has 0 aromatic carbocycles. The molecule has 0 heterocycles. The van der Waals surface area contributed by atoms with Gasteiger partial charge in [-0.3, -0.25) is 0 Å². The van der Waals surface area contributed by atoms with Crippen molar-refractivity contribution >= 4 is 95.2 Å². The summed E-state index contributed by atoms with van der Waals surface area (Å²) in [6.07, 6.45) is 0. The van der Waals surface area contributed by atoms with Crippen LogP contribution in [0.15, 0.2) is 0 Å². The van der Waals surface area contributed by atoms with Crippen LogP contribution in [0.4, 0.5) is 0 Å². The molecule has 0 aromatic heterocycles. The van der Waals surface area contributed by atoms with E-state index in [0.29, 0.717) is 0 Å². The van der Waals surface area contributed by atoms with Gasteiger partial charge in [0.25, 0.3) is 0 Å². The van der Waals surface area contributed by atoms with E-state index in [4.69, 9.17) is 0 Å². The fourth-order valence-electron chi connectivity index (χ4n) is 0. The second-order valence-corrected chi connectivity index (χ2v) is 0. The van der Waals surface area contributed by atoms with E-state index in [2.05, 4.69) is 0 Å². The fraction of sp³-hybridized carbons (Fsp3) is 0. The maximum absolute atomic E-state index is 0. The molecule has 16 valence electrons. The van der Waals surface area contributed by atoms with Crippen molar-refractivity contribution in [2.45, 2.75) is 0 Å². The molecule has 0 aliphatic heterocycles. The van der Waals surface area contributed by atoms with Gasteiger partial charge in [-0.25, -0.2) is 0 Å². The molecule has 0 aromatic rings. The summed E-state index contributed by atoms with van der Waals surface area (Å²) >= 11 is 0. The minimum Gasteiger partial charge on any atom is -2.00 e. The third-order valence-corrected chi connectivity index (χ3v) is 0. The molecule has 0 saturated carbocycles. The molecule has 0 aliphatic rings. The zero-order chi connectivity index (χ0) is 0. The van der Waals surface area contributed by atoms with E-state index >= 15 is 0 Å². The molecule has 0 bridgehead atoms. The predicted octanol–water partition coefficient (Wildman–Crippen LogP) is -1.52. The number of hydrogen-bond acceptors (Lipinski definition) is 0. The first-order valence-corrected chi connectivity index (χ1v) is 0. The van der Waals surface area contributed by atoms with Crippen LogP contribution in [-0.4, -0.2) is 95.2 Å². The fourth-order valence-corrected chi connectivity index (χ4v) is 0. The van der Waals surface area contributed by atoms with E-state index in [0.717, 1.165) is 0 Å². The van der Waals surface area contributed by atoms with Gasteiger partial charge in [0, 0.05) is 0 Å². The SMILES string of the molecule is [Be+2].[Ca+2].[Te-2].[Te-2]. The van der Waals surface area contributed by atoms with Crippen molar-refractivity contribution in [2.75, 3.05) is 0 Å². The van der Waals surface area contributed by atoms with Gasteiger partial charge in [-0.15, -0.1) is 0 Å². The Bertz CT molecular complexity index is 6.00. The van der Waals surface area contributed by atoms with Crippen LogP contribution in [-0.2, 0) is 0 Å². The Labute approximate surface area is 93.1 Å². The molecule has 0 rings (SSSR count). The quantitative estimate of drug-likeness (QED) is 0.477. The maximum atomic E-state index is 0. The van der Waals surface area contributed by atoms with E-state index in [9.17, 15) is 0 Å². The standard InChI is InChI=1S/Be.Ca.2Te/q2*+2;2*-2. The summed E-state index contributed by atoms with van der Waals surface area (Å²) < 4.78 is 0. The smallest absolute Gasteiger partial charge is 2.00 e. The van der Waals surface area contributed by atoms with Gasteiger partial charge in [0.1, 0.15) is 0 Å². The molecule has 4 heavy (non-hydrogen) atoms. The number of rotatable bonds is 0. The summed E-state index contributed by atoms with van der Waals surface area (Å²) in [4.78, 5) is 0. The van der Waals surface area contributed by atoms with Crippen LogP contribution < -0.4 is 0 Å². The summed E-state index contributed by atoms with van der Waals surface area (Å²) in [6, 6.07) is 0. The molecule has 0 saturated heterocycles. The molecule has 0 nitrogen and oxygen atoms in total. The minimum absolute atomic E-state index is 0. The molecule has 0 radical (unpaired) electrons. The molecule has 0 atom stereocenters. The first-order chi connectivity index (χ1) is 0. The Morgan fingerprint density at radius 3 is 0.750 bits per heavy atom. The van der Waals surface area contributed by atoms with E-state index in [1.807, 2.05) is 0 Å². The average molecular weight is 304 g/mol. The average Bonchev–Trinajstić information content (AvgIpc) is 0. The van der Waals surface area contributed by atoms with Gasteiger partial charge < -0.3 is 47.3 Å². The van der Waals surface area contributed by atoms with E-state index in [1.165, 1.54) is 0 Å². The van der Waals surface area contributed by atoms with Gasteiger partial charge in [-0.1, -0.05) is 0 Å².